The SMILES string of the molecule is Oc1ccc(CN2CC3(COc4cc5c(c(F)c43)OCCO5)c3ccccc32)nc1. The van der Waals surface area contributed by atoms with Crippen LogP contribution in [-0.4, -0.2) is 36.5 Å². The zero-order chi connectivity index (χ0) is 20.3. The van der Waals surface area contributed by atoms with Crippen molar-refractivity contribution in [2.45, 2.75) is 12.0 Å². The minimum absolute atomic E-state index is 0.129. The molecule has 1 aromatic heterocycles. The number of pyridine rings is 1. The molecule has 0 aliphatic carbocycles. The molecule has 3 aliphatic rings. The number of hydrogen-bond acceptors (Lipinski definition) is 6. The van der Waals surface area contributed by atoms with E-state index in [1.165, 1.54) is 6.20 Å². The number of ether oxygens (including phenoxy) is 3. The minimum Gasteiger partial charge on any atom is -0.506 e. The standard InChI is InChI=1S/C23H19FN2O4/c24-21-20-18(9-19-22(21)29-8-7-28-19)30-13-23(20)12-26(17-4-2-1-3-16(17)23)11-14-5-6-15(27)10-25-14/h1-6,9-10,27H,7-8,11-13H2. The first kappa shape index (κ1) is 17.4. The van der Waals surface area contributed by atoms with Gasteiger partial charge in [0.2, 0.25) is 0 Å². The van der Waals surface area contributed by atoms with Crippen LogP contribution in [0.25, 0.3) is 0 Å². The van der Waals surface area contributed by atoms with Gasteiger partial charge in [0.05, 0.1) is 23.9 Å². The fourth-order valence-corrected chi connectivity index (χ4v) is 4.79. The lowest BCUT2D eigenvalue weighted by molar-refractivity contribution is 0.163. The molecule has 6 nitrogen and oxygen atoms in total. The summed E-state index contributed by atoms with van der Waals surface area (Å²) in [5, 5.41) is 9.52. The highest BCUT2D eigenvalue weighted by atomic mass is 19.1. The first-order valence-corrected chi connectivity index (χ1v) is 9.89. The van der Waals surface area contributed by atoms with Gasteiger partial charge in [-0.3, -0.25) is 4.98 Å². The molecular weight excluding hydrogens is 387 g/mol. The summed E-state index contributed by atoms with van der Waals surface area (Å²) >= 11 is 0. The summed E-state index contributed by atoms with van der Waals surface area (Å²) in [5.74, 6) is 0.798. The average molecular weight is 406 g/mol. The average Bonchev–Trinajstić information content (AvgIpc) is 3.29. The summed E-state index contributed by atoms with van der Waals surface area (Å²) < 4.78 is 32.9. The van der Waals surface area contributed by atoms with E-state index in [-0.39, 0.29) is 11.5 Å². The van der Waals surface area contributed by atoms with Crippen LogP contribution in [0.2, 0.25) is 0 Å². The van der Waals surface area contributed by atoms with Gasteiger partial charge in [0.15, 0.2) is 17.3 Å². The van der Waals surface area contributed by atoms with Crippen molar-refractivity contribution in [2.24, 2.45) is 0 Å². The fourth-order valence-electron chi connectivity index (χ4n) is 4.79. The zero-order valence-corrected chi connectivity index (χ0v) is 16.1. The Bertz CT molecular complexity index is 1150. The van der Waals surface area contributed by atoms with Crippen molar-refractivity contribution in [3.63, 3.8) is 0 Å². The van der Waals surface area contributed by atoms with Crippen LogP contribution in [0.3, 0.4) is 0 Å². The number of benzene rings is 2. The van der Waals surface area contributed by atoms with Crippen LogP contribution in [0.5, 0.6) is 23.0 Å². The molecule has 152 valence electrons. The fraction of sp³-hybridized carbons (Fsp3) is 0.261. The van der Waals surface area contributed by atoms with Gasteiger partial charge in [0.25, 0.3) is 0 Å². The third-order valence-electron chi connectivity index (χ3n) is 6.07. The van der Waals surface area contributed by atoms with Crippen molar-refractivity contribution in [3.8, 4) is 23.0 Å². The Labute approximate surface area is 172 Å². The van der Waals surface area contributed by atoms with Crippen molar-refractivity contribution < 1.29 is 23.7 Å². The number of aromatic hydroxyl groups is 1. The molecule has 1 spiro atoms. The molecule has 4 heterocycles. The van der Waals surface area contributed by atoms with Crippen molar-refractivity contribution in [3.05, 3.63) is 71.3 Å². The second kappa shape index (κ2) is 6.26. The Balaban J connectivity index is 1.46. The quantitative estimate of drug-likeness (QED) is 0.704. The van der Waals surface area contributed by atoms with E-state index in [1.54, 1.807) is 18.2 Å². The van der Waals surface area contributed by atoms with Crippen LogP contribution in [0.1, 0.15) is 16.8 Å². The molecule has 1 atom stereocenters. The highest BCUT2D eigenvalue weighted by Crippen LogP contribution is 2.55. The third kappa shape index (κ3) is 2.38. The van der Waals surface area contributed by atoms with E-state index in [9.17, 15) is 5.11 Å². The maximum atomic E-state index is 15.7. The van der Waals surface area contributed by atoms with E-state index in [0.717, 1.165) is 16.9 Å². The molecular formula is C23H19FN2O4. The van der Waals surface area contributed by atoms with Crippen LogP contribution >= 0.6 is 0 Å². The Kier molecular flexibility index (Phi) is 3.63. The third-order valence-corrected chi connectivity index (χ3v) is 6.07. The summed E-state index contributed by atoms with van der Waals surface area (Å²) in [6.07, 6.45) is 1.43. The maximum absolute atomic E-state index is 15.7. The van der Waals surface area contributed by atoms with Gasteiger partial charge < -0.3 is 24.2 Å². The van der Waals surface area contributed by atoms with E-state index in [1.807, 2.05) is 24.3 Å². The number of para-hydroxylation sites is 1. The Morgan fingerprint density at radius 1 is 1.07 bits per heavy atom. The van der Waals surface area contributed by atoms with Crippen LogP contribution in [0.15, 0.2) is 48.7 Å². The maximum Gasteiger partial charge on any atom is 0.197 e. The second-order valence-electron chi connectivity index (χ2n) is 7.84. The number of anilines is 1. The lowest BCUT2D eigenvalue weighted by Gasteiger charge is -2.27. The number of nitrogens with zero attached hydrogens (tertiary/aromatic N) is 2. The molecule has 7 heteroatoms. The van der Waals surface area contributed by atoms with E-state index in [4.69, 9.17) is 14.2 Å². The molecule has 30 heavy (non-hydrogen) atoms. The number of aromatic nitrogens is 1. The van der Waals surface area contributed by atoms with E-state index >= 15 is 4.39 Å². The van der Waals surface area contributed by atoms with Gasteiger partial charge in [-0.15, -0.1) is 0 Å². The van der Waals surface area contributed by atoms with Crippen LogP contribution in [0.4, 0.5) is 10.1 Å². The normalized spacial score (nSPS) is 20.8. The van der Waals surface area contributed by atoms with E-state index in [2.05, 4.69) is 9.88 Å². The number of hydrogen-bond donors (Lipinski definition) is 1. The lowest BCUT2D eigenvalue weighted by Crippen LogP contribution is -2.36. The molecule has 6 rings (SSSR count). The van der Waals surface area contributed by atoms with Gasteiger partial charge in [-0.05, 0) is 23.8 Å². The summed E-state index contributed by atoms with van der Waals surface area (Å²) in [6.45, 7) is 2.16. The predicted molar refractivity (Wildman–Crippen MR) is 107 cm³/mol. The second-order valence-corrected chi connectivity index (χ2v) is 7.84. The van der Waals surface area contributed by atoms with Gasteiger partial charge in [0.1, 0.15) is 31.3 Å². The molecule has 3 aliphatic heterocycles. The number of rotatable bonds is 2. The van der Waals surface area contributed by atoms with Gasteiger partial charge in [-0.25, -0.2) is 4.39 Å². The van der Waals surface area contributed by atoms with Gasteiger partial charge in [0, 0.05) is 23.9 Å². The van der Waals surface area contributed by atoms with Crippen molar-refractivity contribution in [1.29, 1.82) is 0 Å². The molecule has 1 N–H and O–H groups in total. The molecule has 3 aromatic rings. The molecule has 2 aromatic carbocycles. The topological polar surface area (TPSA) is 64.1 Å². The summed E-state index contributed by atoms with van der Waals surface area (Å²) in [7, 11) is 0. The van der Waals surface area contributed by atoms with Gasteiger partial charge in [-0.2, -0.15) is 0 Å². The molecule has 0 amide bonds. The molecule has 0 saturated heterocycles. The molecule has 0 radical (unpaired) electrons. The molecule has 0 saturated carbocycles. The number of fused-ring (bicyclic) bond motifs is 5. The number of halogens is 1. The van der Waals surface area contributed by atoms with Crippen molar-refractivity contribution >= 4 is 5.69 Å². The minimum atomic E-state index is -0.636. The molecule has 1 unspecified atom stereocenters. The van der Waals surface area contributed by atoms with Gasteiger partial charge >= 0.3 is 0 Å². The largest absolute Gasteiger partial charge is 0.506 e. The summed E-state index contributed by atoms with van der Waals surface area (Å²) in [5.41, 5.74) is 2.76. The monoisotopic (exact) mass is 406 g/mol. The predicted octanol–water partition coefficient (Wildman–Crippen LogP) is 3.40. The first-order chi connectivity index (χ1) is 14.7. The highest BCUT2D eigenvalue weighted by molar-refractivity contribution is 5.71. The highest BCUT2D eigenvalue weighted by Gasteiger charge is 2.52. The first-order valence-electron chi connectivity index (χ1n) is 9.89. The van der Waals surface area contributed by atoms with E-state index in [0.29, 0.717) is 50.0 Å². The summed E-state index contributed by atoms with van der Waals surface area (Å²) in [4.78, 5) is 6.50. The van der Waals surface area contributed by atoms with Crippen molar-refractivity contribution in [2.75, 3.05) is 31.3 Å². The smallest absolute Gasteiger partial charge is 0.197 e. The van der Waals surface area contributed by atoms with Gasteiger partial charge in [-0.1, -0.05) is 18.2 Å². The van der Waals surface area contributed by atoms with Crippen molar-refractivity contribution in [1.82, 2.24) is 4.98 Å². The lowest BCUT2D eigenvalue weighted by atomic mass is 9.77. The summed E-state index contributed by atoms with van der Waals surface area (Å²) in [6, 6.07) is 13.2. The van der Waals surface area contributed by atoms with Crippen LogP contribution in [-0.2, 0) is 12.0 Å². The van der Waals surface area contributed by atoms with E-state index < -0.39 is 11.2 Å². The van der Waals surface area contributed by atoms with Crippen LogP contribution in [0, 0.1) is 5.82 Å². The van der Waals surface area contributed by atoms with Crippen LogP contribution < -0.4 is 19.1 Å². The Hall–Kier alpha value is -3.48. The zero-order valence-electron chi connectivity index (χ0n) is 16.1. The Morgan fingerprint density at radius 2 is 1.93 bits per heavy atom. The Morgan fingerprint density at radius 3 is 2.80 bits per heavy atom. The molecule has 0 bridgehead atoms. The molecule has 0 fully saturated rings.